The average molecular weight is 332 g/mol. The second-order valence-corrected chi connectivity index (χ2v) is 5.77. The largest absolute Gasteiger partial charge is 0.338 e. The standard InChI is InChI=1S/C17H24N4O3/c1-3-7-18-17(24)21-10-8-20(9-11-21)16(23)14-5-4-6-15(12-14)19-13(2)22/h4-6,12H,3,7-11H2,1-2H3,(H,18,24)(H,19,22). The van der Waals surface area contributed by atoms with Crippen LogP contribution in [0.5, 0.6) is 0 Å². The molecular weight excluding hydrogens is 308 g/mol. The average Bonchev–Trinajstić information content (AvgIpc) is 2.59. The van der Waals surface area contributed by atoms with Crippen LogP contribution in [0.1, 0.15) is 30.6 Å². The van der Waals surface area contributed by atoms with Crippen LogP contribution in [0.25, 0.3) is 0 Å². The lowest BCUT2D eigenvalue weighted by Crippen LogP contribution is -2.53. The van der Waals surface area contributed by atoms with E-state index >= 15 is 0 Å². The Morgan fingerprint density at radius 3 is 2.38 bits per heavy atom. The van der Waals surface area contributed by atoms with Crippen molar-refractivity contribution < 1.29 is 14.4 Å². The van der Waals surface area contributed by atoms with E-state index in [0.29, 0.717) is 44.0 Å². The van der Waals surface area contributed by atoms with E-state index in [1.165, 1.54) is 6.92 Å². The van der Waals surface area contributed by atoms with Gasteiger partial charge in [-0.15, -0.1) is 0 Å². The maximum atomic E-state index is 12.6. The van der Waals surface area contributed by atoms with E-state index in [9.17, 15) is 14.4 Å². The summed E-state index contributed by atoms with van der Waals surface area (Å²) in [5.74, 6) is -0.262. The topological polar surface area (TPSA) is 81.8 Å². The summed E-state index contributed by atoms with van der Waals surface area (Å²) in [5, 5.41) is 5.52. The summed E-state index contributed by atoms with van der Waals surface area (Å²) >= 11 is 0. The summed E-state index contributed by atoms with van der Waals surface area (Å²) in [7, 11) is 0. The van der Waals surface area contributed by atoms with Crippen molar-refractivity contribution in [3.05, 3.63) is 29.8 Å². The van der Waals surface area contributed by atoms with E-state index in [1.807, 2.05) is 6.92 Å². The highest BCUT2D eigenvalue weighted by Gasteiger charge is 2.24. The van der Waals surface area contributed by atoms with Crippen LogP contribution in [0.3, 0.4) is 0 Å². The van der Waals surface area contributed by atoms with Crippen LogP contribution in [0, 0.1) is 0 Å². The minimum Gasteiger partial charge on any atom is -0.338 e. The summed E-state index contributed by atoms with van der Waals surface area (Å²) in [6.07, 6.45) is 0.898. The smallest absolute Gasteiger partial charge is 0.317 e. The predicted octanol–water partition coefficient (Wildman–Crippen LogP) is 1.52. The number of hydrogen-bond donors (Lipinski definition) is 2. The van der Waals surface area contributed by atoms with Crippen LogP contribution in [0.2, 0.25) is 0 Å². The van der Waals surface area contributed by atoms with Gasteiger partial charge in [-0.25, -0.2) is 4.79 Å². The van der Waals surface area contributed by atoms with Gasteiger partial charge >= 0.3 is 6.03 Å². The Labute approximate surface area is 142 Å². The van der Waals surface area contributed by atoms with Gasteiger partial charge < -0.3 is 20.4 Å². The van der Waals surface area contributed by atoms with Crippen LogP contribution in [0.15, 0.2) is 24.3 Å². The Hall–Kier alpha value is -2.57. The minimum atomic E-state index is -0.175. The van der Waals surface area contributed by atoms with Crippen LogP contribution in [-0.4, -0.2) is 60.4 Å². The number of hydrogen-bond acceptors (Lipinski definition) is 3. The van der Waals surface area contributed by atoms with Gasteiger partial charge in [-0.3, -0.25) is 9.59 Å². The van der Waals surface area contributed by atoms with Crippen LogP contribution in [0.4, 0.5) is 10.5 Å². The molecule has 0 unspecified atom stereocenters. The maximum absolute atomic E-state index is 12.6. The molecule has 1 saturated heterocycles. The second-order valence-electron chi connectivity index (χ2n) is 5.77. The lowest BCUT2D eigenvalue weighted by molar-refractivity contribution is -0.114. The van der Waals surface area contributed by atoms with E-state index in [0.717, 1.165) is 6.42 Å². The molecule has 7 nitrogen and oxygen atoms in total. The van der Waals surface area contributed by atoms with E-state index in [-0.39, 0.29) is 17.8 Å². The van der Waals surface area contributed by atoms with Gasteiger partial charge in [0.2, 0.25) is 5.91 Å². The number of amides is 4. The third kappa shape index (κ3) is 4.71. The first-order chi connectivity index (χ1) is 11.5. The van der Waals surface area contributed by atoms with Gasteiger partial charge in [0.25, 0.3) is 5.91 Å². The number of carbonyl (C=O) groups excluding carboxylic acids is 3. The van der Waals surface area contributed by atoms with E-state index in [2.05, 4.69) is 10.6 Å². The normalized spacial score (nSPS) is 14.2. The van der Waals surface area contributed by atoms with Gasteiger partial charge in [-0.1, -0.05) is 13.0 Å². The van der Waals surface area contributed by atoms with Gasteiger partial charge in [-0.05, 0) is 24.6 Å². The molecule has 0 atom stereocenters. The molecular formula is C17H24N4O3. The van der Waals surface area contributed by atoms with E-state index < -0.39 is 0 Å². The van der Waals surface area contributed by atoms with Crippen molar-refractivity contribution >= 4 is 23.5 Å². The summed E-state index contributed by atoms with van der Waals surface area (Å²) in [5.41, 5.74) is 1.14. The Morgan fingerprint density at radius 1 is 1.08 bits per heavy atom. The van der Waals surface area contributed by atoms with Crippen molar-refractivity contribution in [2.24, 2.45) is 0 Å². The molecule has 7 heteroatoms. The number of carbonyl (C=O) groups is 3. The molecule has 1 aromatic rings. The quantitative estimate of drug-likeness (QED) is 0.877. The third-order valence-electron chi connectivity index (χ3n) is 3.81. The summed E-state index contributed by atoms with van der Waals surface area (Å²) in [6, 6.07) is 6.82. The molecule has 1 fully saturated rings. The minimum absolute atomic E-state index is 0.0726. The van der Waals surface area contributed by atoms with Crippen LogP contribution in [-0.2, 0) is 4.79 Å². The molecule has 1 aromatic carbocycles. The van der Waals surface area contributed by atoms with Gasteiger partial charge in [0.05, 0.1) is 0 Å². The molecule has 0 aromatic heterocycles. The van der Waals surface area contributed by atoms with Gasteiger partial charge in [0, 0.05) is 50.9 Å². The lowest BCUT2D eigenvalue weighted by atomic mass is 10.1. The van der Waals surface area contributed by atoms with Crippen LogP contribution >= 0.6 is 0 Å². The Kier molecular flexibility index (Phi) is 6.17. The van der Waals surface area contributed by atoms with Crippen molar-refractivity contribution in [2.45, 2.75) is 20.3 Å². The molecule has 130 valence electrons. The molecule has 1 heterocycles. The number of nitrogens with zero attached hydrogens (tertiary/aromatic N) is 2. The number of urea groups is 1. The molecule has 1 aliphatic heterocycles. The third-order valence-corrected chi connectivity index (χ3v) is 3.81. The number of nitrogens with one attached hydrogen (secondary N) is 2. The molecule has 1 aliphatic rings. The summed E-state index contributed by atoms with van der Waals surface area (Å²) < 4.78 is 0. The molecule has 2 N–H and O–H groups in total. The van der Waals surface area contributed by atoms with Gasteiger partial charge in [-0.2, -0.15) is 0 Å². The first kappa shape index (κ1) is 17.8. The molecule has 0 saturated carbocycles. The molecule has 2 rings (SSSR count). The monoisotopic (exact) mass is 332 g/mol. The fourth-order valence-corrected chi connectivity index (χ4v) is 2.57. The lowest BCUT2D eigenvalue weighted by Gasteiger charge is -2.34. The van der Waals surface area contributed by atoms with Crippen molar-refractivity contribution in [1.29, 1.82) is 0 Å². The fourth-order valence-electron chi connectivity index (χ4n) is 2.57. The first-order valence-corrected chi connectivity index (χ1v) is 8.21. The van der Waals surface area contributed by atoms with Crippen molar-refractivity contribution in [1.82, 2.24) is 15.1 Å². The molecule has 0 aliphatic carbocycles. The molecule has 4 amide bonds. The van der Waals surface area contributed by atoms with Crippen molar-refractivity contribution in [3.63, 3.8) is 0 Å². The van der Waals surface area contributed by atoms with Crippen molar-refractivity contribution in [3.8, 4) is 0 Å². The van der Waals surface area contributed by atoms with E-state index in [4.69, 9.17) is 0 Å². The zero-order valence-corrected chi connectivity index (χ0v) is 14.2. The number of benzene rings is 1. The zero-order chi connectivity index (χ0) is 17.5. The van der Waals surface area contributed by atoms with Crippen LogP contribution < -0.4 is 10.6 Å². The Bertz CT molecular complexity index is 610. The predicted molar refractivity (Wildman–Crippen MR) is 91.9 cm³/mol. The van der Waals surface area contributed by atoms with Gasteiger partial charge in [0.15, 0.2) is 0 Å². The molecule has 24 heavy (non-hydrogen) atoms. The fraction of sp³-hybridized carbons (Fsp3) is 0.471. The highest BCUT2D eigenvalue weighted by Crippen LogP contribution is 2.14. The second kappa shape index (κ2) is 8.33. The number of rotatable bonds is 4. The molecule has 0 bridgehead atoms. The maximum Gasteiger partial charge on any atom is 0.317 e. The Balaban J connectivity index is 1.93. The number of anilines is 1. The first-order valence-electron chi connectivity index (χ1n) is 8.21. The van der Waals surface area contributed by atoms with Crippen molar-refractivity contribution in [2.75, 3.05) is 38.0 Å². The zero-order valence-electron chi connectivity index (χ0n) is 14.2. The highest BCUT2D eigenvalue weighted by molar-refractivity contribution is 5.97. The van der Waals surface area contributed by atoms with Gasteiger partial charge in [0.1, 0.15) is 0 Å². The summed E-state index contributed by atoms with van der Waals surface area (Å²) in [4.78, 5) is 39.1. The molecule has 0 spiro atoms. The van der Waals surface area contributed by atoms with E-state index in [1.54, 1.807) is 34.1 Å². The highest BCUT2D eigenvalue weighted by atomic mass is 16.2. The summed E-state index contributed by atoms with van der Waals surface area (Å²) in [6.45, 7) is 6.14. The molecule has 0 radical (unpaired) electrons. The SMILES string of the molecule is CCCNC(=O)N1CCN(C(=O)c2cccc(NC(C)=O)c2)CC1. The Morgan fingerprint density at radius 2 is 1.75 bits per heavy atom. The number of piperazine rings is 1.